The number of rotatable bonds is 6. The highest BCUT2D eigenvalue weighted by molar-refractivity contribution is 7.99. The first-order chi connectivity index (χ1) is 14.2. The van der Waals surface area contributed by atoms with E-state index in [0.717, 1.165) is 67.9 Å². The van der Waals surface area contributed by atoms with Crippen molar-refractivity contribution in [3.05, 3.63) is 24.3 Å². The van der Waals surface area contributed by atoms with E-state index in [0.29, 0.717) is 18.3 Å². The van der Waals surface area contributed by atoms with Crippen molar-refractivity contribution >= 4 is 34.6 Å². The van der Waals surface area contributed by atoms with E-state index in [2.05, 4.69) is 11.8 Å². The second-order valence-electron chi connectivity index (χ2n) is 7.99. The molecule has 0 N–H and O–H groups in total. The Kier molecular flexibility index (Phi) is 6.43. The van der Waals surface area contributed by atoms with Crippen LogP contribution in [0, 0.1) is 0 Å². The van der Waals surface area contributed by atoms with Gasteiger partial charge in [-0.15, -0.1) is 0 Å². The lowest BCUT2D eigenvalue weighted by Crippen LogP contribution is -2.44. The Hall–Kier alpha value is -2.02. The summed E-state index contributed by atoms with van der Waals surface area (Å²) in [6.07, 6.45) is 6.59. The monoisotopic (exact) mass is 414 g/mol. The molecule has 0 aliphatic carbocycles. The fraction of sp³-hybridized carbons (Fsp3) is 0.591. The molecule has 2 saturated heterocycles. The highest BCUT2D eigenvalue weighted by Crippen LogP contribution is 2.26. The van der Waals surface area contributed by atoms with Crippen molar-refractivity contribution in [1.29, 1.82) is 0 Å². The first kappa shape index (κ1) is 20.3. The Balaban J connectivity index is 1.50. The van der Waals surface area contributed by atoms with E-state index in [9.17, 15) is 9.59 Å². The minimum absolute atomic E-state index is 0.140. The molecule has 2 fully saturated rings. The van der Waals surface area contributed by atoms with Crippen molar-refractivity contribution in [1.82, 2.24) is 19.4 Å². The number of fused-ring (bicyclic) bond motifs is 1. The molecule has 2 aliphatic heterocycles. The highest BCUT2D eigenvalue weighted by atomic mass is 32.2. The fourth-order valence-electron chi connectivity index (χ4n) is 4.48. The molecule has 2 amide bonds. The quantitative estimate of drug-likeness (QED) is 0.679. The number of amides is 2. The number of nitrogens with zero attached hydrogens (tertiary/aromatic N) is 4. The van der Waals surface area contributed by atoms with Gasteiger partial charge in [-0.05, 0) is 50.7 Å². The molecule has 0 saturated carbocycles. The van der Waals surface area contributed by atoms with E-state index in [1.807, 2.05) is 33.7 Å². The van der Waals surface area contributed by atoms with Crippen LogP contribution in [0.5, 0.6) is 0 Å². The molecule has 7 heteroatoms. The molecule has 29 heavy (non-hydrogen) atoms. The summed E-state index contributed by atoms with van der Waals surface area (Å²) in [5, 5.41) is 0.761. The molecule has 0 radical (unpaired) electrons. The molecule has 0 bridgehead atoms. The van der Waals surface area contributed by atoms with Crippen molar-refractivity contribution < 1.29 is 9.59 Å². The summed E-state index contributed by atoms with van der Waals surface area (Å²) in [5.74, 6) is 0.699. The normalized spacial score (nSPS) is 19.8. The zero-order valence-electron chi connectivity index (χ0n) is 17.2. The number of benzene rings is 1. The number of carbonyl (C=O) groups excluding carboxylic acids is 2. The van der Waals surface area contributed by atoms with E-state index in [4.69, 9.17) is 4.98 Å². The summed E-state index contributed by atoms with van der Waals surface area (Å²) < 4.78 is 1.99. The van der Waals surface area contributed by atoms with Gasteiger partial charge in [0, 0.05) is 25.7 Å². The molecule has 3 heterocycles. The van der Waals surface area contributed by atoms with Crippen molar-refractivity contribution in [2.45, 2.75) is 63.2 Å². The van der Waals surface area contributed by atoms with Crippen molar-refractivity contribution in [3.8, 4) is 0 Å². The summed E-state index contributed by atoms with van der Waals surface area (Å²) in [4.78, 5) is 34.4. The van der Waals surface area contributed by atoms with Gasteiger partial charge in [0.2, 0.25) is 11.8 Å². The molecule has 0 unspecified atom stereocenters. The first-order valence-corrected chi connectivity index (χ1v) is 11.8. The van der Waals surface area contributed by atoms with Crippen molar-refractivity contribution in [3.63, 3.8) is 0 Å². The van der Waals surface area contributed by atoms with Gasteiger partial charge < -0.3 is 14.4 Å². The third-order valence-corrected chi connectivity index (χ3v) is 7.08. The molecule has 2 aromatic rings. The second kappa shape index (κ2) is 9.20. The van der Waals surface area contributed by atoms with Crippen LogP contribution in [0.3, 0.4) is 0 Å². The number of likely N-dealkylation sites (tertiary alicyclic amines) is 2. The van der Waals surface area contributed by atoms with Crippen LogP contribution < -0.4 is 0 Å². The summed E-state index contributed by atoms with van der Waals surface area (Å²) >= 11 is 1.46. The molecule has 1 aromatic heterocycles. The fourth-order valence-corrected chi connectivity index (χ4v) is 5.38. The second-order valence-corrected chi connectivity index (χ2v) is 8.93. The van der Waals surface area contributed by atoms with Crippen LogP contribution in [0.2, 0.25) is 0 Å². The van der Waals surface area contributed by atoms with E-state index >= 15 is 0 Å². The number of piperidine rings is 1. The van der Waals surface area contributed by atoms with Gasteiger partial charge in [-0.2, -0.15) is 0 Å². The standard InChI is InChI=1S/C22H30N4O2S/c1-2-17-9-5-6-14-25(17)21(28)16-29-22-23-18-10-3-4-11-19(18)26(22)15-20(27)24-12-7-8-13-24/h3-4,10-11,17H,2,5-9,12-16H2,1H3/t17-/m0/s1. The van der Waals surface area contributed by atoms with Gasteiger partial charge in [-0.3, -0.25) is 9.59 Å². The Labute approximate surface area is 176 Å². The summed E-state index contributed by atoms with van der Waals surface area (Å²) in [6.45, 7) is 5.01. The van der Waals surface area contributed by atoms with Crippen molar-refractivity contribution in [2.24, 2.45) is 0 Å². The van der Waals surface area contributed by atoms with Gasteiger partial charge in [-0.1, -0.05) is 30.8 Å². The van der Waals surface area contributed by atoms with Gasteiger partial charge in [0.1, 0.15) is 6.54 Å². The van der Waals surface area contributed by atoms with Gasteiger partial charge in [0.05, 0.1) is 16.8 Å². The van der Waals surface area contributed by atoms with Crippen LogP contribution in [-0.4, -0.2) is 62.6 Å². The van der Waals surface area contributed by atoms with E-state index in [1.54, 1.807) is 0 Å². The smallest absolute Gasteiger partial charge is 0.242 e. The lowest BCUT2D eigenvalue weighted by atomic mass is 10.0. The summed E-state index contributed by atoms with van der Waals surface area (Å²) in [5.41, 5.74) is 1.83. The highest BCUT2D eigenvalue weighted by Gasteiger charge is 2.26. The van der Waals surface area contributed by atoms with Gasteiger partial charge in [0.15, 0.2) is 5.16 Å². The zero-order valence-corrected chi connectivity index (χ0v) is 18.0. The third kappa shape index (κ3) is 4.44. The maximum Gasteiger partial charge on any atom is 0.242 e. The Morgan fingerprint density at radius 1 is 1.07 bits per heavy atom. The van der Waals surface area contributed by atoms with E-state index < -0.39 is 0 Å². The van der Waals surface area contributed by atoms with Crippen LogP contribution in [0.4, 0.5) is 0 Å². The van der Waals surface area contributed by atoms with Crippen LogP contribution in [-0.2, 0) is 16.1 Å². The predicted octanol–water partition coefficient (Wildman–Crippen LogP) is 3.54. The Morgan fingerprint density at radius 3 is 2.62 bits per heavy atom. The number of imidazole rings is 1. The van der Waals surface area contributed by atoms with E-state index in [1.165, 1.54) is 18.2 Å². The van der Waals surface area contributed by atoms with Crippen LogP contribution in [0.1, 0.15) is 45.4 Å². The molecule has 6 nitrogen and oxygen atoms in total. The topological polar surface area (TPSA) is 58.4 Å². The Bertz CT molecular complexity index is 875. The zero-order chi connectivity index (χ0) is 20.2. The SMILES string of the molecule is CC[C@H]1CCCCN1C(=O)CSc1nc2ccccc2n1CC(=O)N1CCCC1. The number of aromatic nitrogens is 2. The number of thioether (sulfide) groups is 1. The largest absolute Gasteiger partial charge is 0.341 e. The minimum atomic E-state index is 0.140. The maximum atomic E-state index is 12.9. The predicted molar refractivity (Wildman–Crippen MR) is 116 cm³/mol. The van der Waals surface area contributed by atoms with Gasteiger partial charge in [0.25, 0.3) is 0 Å². The molecular formula is C22H30N4O2S. The van der Waals surface area contributed by atoms with Crippen LogP contribution in [0.15, 0.2) is 29.4 Å². The van der Waals surface area contributed by atoms with Crippen molar-refractivity contribution in [2.75, 3.05) is 25.4 Å². The van der Waals surface area contributed by atoms with Gasteiger partial charge in [-0.25, -0.2) is 4.98 Å². The van der Waals surface area contributed by atoms with Crippen LogP contribution >= 0.6 is 11.8 Å². The summed E-state index contributed by atoms with van der Waals surface area (Å²) in [7, 11) is 0. The average molecular weight is 415 g/mol. The number of hydrogen-bond acceptors (Lipinski definition) is 4. The molecule has 2 aliphatic rings. The molecule has 4 rings (SSSR count). The third-order valence-electron chi connectivity index (χ3n) is 6.12. The Morgan fingerprint density at radius 2 is 1.83 bits per heavy atom. The number of hydrogen-bond donors (Lipinski definition) is 0. The average Bonchev–Trinajstić information content (AvgIpc) is 3.41. The molecule has 0 spiro atoms. The van der Waals surface area contributed by atoms with E-state index in [-0.39, 0.29) is 11.8 Å². The lowest BCUT2D eigenvalue weighted by molar-refractivity contribution is -0.132. The molecule has 156 valence electrons. The summed E-state index contributed by atoms with van der Waals surface area (Å²) in [6, 6.07) is 8.27. The first-order valence-electron chi connectivity index (χ1n) is 10.8. The molecule has 1 atom stereocenters. The lowest BCUT2D eigenvalue weighted by Gasteiger charge is -2.35. The number of carbonyl (C=O) groups is 2. The minimum Gasteiger partial charge on any atom is -0.341 e. The molecule has 1 aromatic carbocycles. The van der Waals surface area contributed by atoms with Crippen LogP contribution in [0.25, 0.3) is 11.0 Å². The molecular weight excluding hydrogens is 384 g/mol. The van der Waals surface area contributed by atoms with Gasteiger partial charge >= 0.3 is 0 Å². The maximum absolute atomic E-state index is 12.9. The number of para-hydroxylation sites is 2.